The smallest absolute Gasteiger partial charge is 0.305 e. The maximum Gasteiger partial charge on any atom is 0.330 e. The fraction of sp³-hybridized carbons (Fsp3) is 0.214. The van der Waals surface area contributed by atoms with Crippen molar-refractivity contribution in [1.82, 2.24) is 14.5 Å². The quantitative estimate of drug-likeness (QED) is 0.880. The molecule has 1 aromatic heterocycles. The van der Waals surface area contributed by atoms with Gasteiger partial charge in [0, 0.05) is 29.2 Å². The van der Waals surface area contributed by atoms with E-state index in [9.17, 15) is 4.79 Å². The highest BCUT2D eigenvalue weighted by Crippen LogP contribution is 2.29. The van der Waals surface area contributed by atoms with Crippen LogP contribution in [0.3, 0.4) is 0 Å². The topological polar surface area (TPSA) is 41.0 Å². The normalized spacial score (nSPS) is 15.2. The van der Waals surface area contributed by atoms with Gasteiger partial charge in [-0.15, -0.1) is 0 Å². The lowest BCUT2D eigenvalue weighted by Gasteiger charge is -2.14. The predicted molar refractivity (Wildman–Crippen MR) is 81.5 cm³/mol. The molecule has 1 N–H and O–H groups in total. The molecule has 1 aliphatic heterocycles. The summed E-state index contributed by atoms with van der Waals surface area (Å²) in [4.78, 5) is 17.2. The monoisotopic (exact) mass is 309 g/mol. The number of hydrogen-bond donors (Lipinski definition) is 1. The van der Waals surface area contributed by atoms with Crippen LogP contribution >= 0.6 is 23.2 Å². The molecule has 2 aromatic rings. The summed E-state index contributed by atoms with van der Waals surface area (Å²) >= 11 is 11.9. The Kier molecular flexibility index (Phi) is 3.46. The van der Waals surface area contributed by atoms with Crippen LogP contribution in [0.4, 0.5) is 0 Å². The average Bonchev–Trinajstić information content (AvgIpc) is 2.60. The second-order valence-corrected chi connectivity index (χ2v) is 5.49. The molecule has 6 heteroatoms. The largest absolute Gasteiger partial charge is 0.330 e. The van der Waals surface area contributed by atoms with Gasteiger partial charge in [0.1, 0.15) is 0 Å². The molecular weight excluding hydrogens is 297 g/mol. The summed E-state index contributed by atoms with van der Waals surface area (Å²) in [5.74, 6) is 0. The minimum absolute atomic E-state index is 0.177. The minimum Gasteiger partial charge on any atom is -0.305 e. The van der Waals surface area contributed by atoms with Crippen LogP contribution in [0.1, 0.15) is 17.0 Å². The number of imidazole rings is 1. The lowest BCUT2D eigenvalue weighted by molar-refractivity contribution is 0.319. The number of nitrogens with one attached hydrogen (secondary N) is 1. The van der Waals surface area contributed by atoms with E-state index >= 15 is 0 Å². The van der Waals surface area contributed by atoms with E-state index in [1.54, 1.807) is 10.6 Å². The number of fused-ring (bicyclic) bond motifs is 3. The molecule has 3 rings (SSSR count). The summed E-state index contributed by atoms with van der Waals surface area (Å²) in [6.45, 7) is 1.33. The Morgan fingerprint density at radius 1 is 1.35 bits per heavy atom. The van der Waals surface area contributed by atoms with Gasteiger partial charge in [-0.1, -0.05) is 29.3 Å². The summed E-state index contributed by atoms with van der Waals surface area (Å²) in [6, 6.07) is 5.61. The van der Waals surface area contributed by atoms with E-state index in [1.807, 2.05) is 25.2 Å². The molecule has 0 bridgehead atoms. The number of rotatable bonds is 1. The highest BCUT2D eigenvalue weighted by atomic mass is 35.5. The zero-order valence-electron chi connectivity index (χ0n) is 10.9. The second-order valence-electron chi connectivity index (χ2n) is 4.83. The van der Waals surface area contributed by atoms with Crippen molar-refractivity contribution in [1.29, 1.82) is 0 Å². The third-order valence-electron chi connectivity index (χ3n) is 3.44. The van der Waals surface area contributed by atoms with Crippen molar-refractivity contribution in [2.75, 3.05) is 7.05 Å². The molecule has 20 heavy (non-hydrogen) atoms. The first-order valence-corrected chi connectivity index (χ1v) is 7.00. The Hall–Kier alpha value is -1.49. The molecule has 0 radical (unpaired) electrons. The zero-order valence-corrected chi connectivity index (χ0v) is 12.4. The highest BCUT2D eigenvalue weighted by Gasteiger charge is 2.23. The van der Waals surface area contributed by atoms with Gasteiger partial charge in [0.25, 0.3) is 0 Å². The molecular formula is C14H13Cl2N3O. The molecule has 0 spiro atoms. The molecule has 0 atom stereocenters. The third kappa shape index (κ3) is 2.10. The maximum absolute atomic E-state index is 12.3. The highest BCUT2D eigenvalue weighted by molar-refractivity contribution is 6.31. The summed E-state index contributed by atoms with van der Waals surface area (Å²) in [5.41, 5.74) is 4.62. The van der Waals surface area contributed by atoms with Crippen LogP contribution in [0.2, 0.25) is 5.02 Å². The van der Waals surface area contributed by atoms with Gasteiger partial charge in [0.05, 0.1) is 17.1 Å². The van der Waals surface area contributed by atoms with Gasteiger partial charge < -0.3 is 4.98 Å². The van der Waals surface area contributed by atoms with Crippen molar-refractivity contribution >= 4 is 29.3 Å². The first kappa shape index (κ1) is 13.5. The predicted octanol–water partition coefficient (Wildman–Crippen LogP) is 2.97. The van der Waals surface area contributed by atoms with Crippen LogP contribution in [0.25, 0.3) is 11.8 Å². The summed E-state index contributed by atoms with van der Waals surface area (Å²) in [7, 11) is 1.99. The van der Waals surface area contributed by atoms with Crippen LogP contribution < -0.4 is 5.69 Å². The lowest BCUT2D eigenvalue weighted by Crippen LogP contribution is -2.18. The van der Waals surface area contributed by atoms with E-state index in [4.69, 9.17) is 23.2 Å². The molecule has 1 aromatic carbocycles. The van der Waals surface area contributed by atoms with E-state index in [0.29, 0.717) is 18.1 Å². The second kappa shape index (κ2) is 5.13. The fourth-order valence-corrected chi connectivity index (χ4v) is 2.95. The SMILES string of the molecule is CN1Cc2c(Cl)cccc2-n2c(c(C=CCl)[nH]c2=O)C1. The first-order chi connectivity index (χ1) is 9.61. The van der Waals surface area contributed by atoms with E-state index in [0.717, 1.165) is 22.6 Å². The van der Waals surface area contributed by atoms with Crippen molar-refractivity contribution in [3.8, 4) is 5.69 Å². The van der Waals surface area contributed by atoms with Crippen molar-refractivity contribution < 1.29 is 0 Å². The van der Waals surface area contributed by atoms with E-state index < -0.39 is 0 Å². The summed E-state index contributed by atoms with van der Waals surface area (Å²) in [5, 5.41) is 0.671. The summed E-state index contributed by atoms with van der Waals surface area (Å²) < 4.78 is 1.68. The van der Waals surface area contributed by atoms with Gasteiger partial charge in [0.15, 0.2) is 0 Å². The van der Waals surface area contributed by atoms with Gasteiger partial charge in [-0.3, -0.25) is 9.47 Å². The van der Waals surface area contributed by atoms with Gasteiger partial charge >= 0.3 is 5.69 Å². The summed E-state index contributed by atoms with van der Waals surface area (Å²) in [6.07, 6.45) is 1.69. The van der Waals surface area contributed by atoms with E-state index in [1.165, 1.54) is 5.54 Å². The average molecular weight is 310 g/mol. The van der Waals surface area contributed by atoms with Crippen LogP contribution in [0.5, 0.6) is 0 Å². The number of aromatic amines is 1. The van der Waals surface area contributed by atoms with Gasteiger partial charge in [0.2, 0.25) is 0 Å². The minimum atomic E-state index is -0.177. The molecule has 0 saturated carbocycles. The Balaban J connectivity index is 2.35. The number of aromatic nitrogens is 2. The Labute approximate surface area is 126 Å². The molecule has 4 nitrogen and oxygen atoms in total. The number of hydrogen-bond acceptors (Lipinski definition) is 2. The van der Waals surface area contributed by atoms with Crippen molar-refractivity contribution in [2.45, 2.75) is 13.1 Å². The molecule has 0 unspecified atom stereocenters. The van der Waals surface area contributed by atoms with Crippen LogP contribution in [-0.2, 0) is 13.1 Å². The third-order valence-corrected chi connectivity index (χ3v) is 3.92. The molecule has 104 valence electrons. The van der Waals surface area contributed by atoms with Gasteiger partial charge in [-0.25, -0.2) is 4.79 Å². The zero-order chi connectivity index (χ0) is 14.3. The Bertz CT molecular complexity index is 745. The Morgan fingerprint density at radius 3 is 2.90 bits per heavy atom. The molecule has 1 aliphatic rings. The number of benzene rings is 1. The standard InChI is InChI=1S/C14H13Cl2N3O/c1-18-7-9-10(16)3-2-4-12(9)19-13(8-18)11(5-6-15)17-14(19)20/h2-6H,7-8H2,1H3,(H,17,20). The first-order valence-electron chi connectivity index (χ1n) is 6.18. The van der Waals surface area contributed by atoms with Crippen molar-refractivity contribution in [3.63, 3.8) is 0 Å². The number of halogens is 2. The molecule has 0 fully saturated rings. The number of nitrogens with zero attached hydrogens (tertiary/aromatic N) is 2. The van der Waals surface area contributed by atoms with Crippen molar-refractivity contribution in [3.05, 3.63) is 56.2 Å². The van der Waals surface area contributed by atoms with E-state index in [-0.39, 0.29) is 5.69 Å². The molecule has 0 saturated heterocycles. The van der Waals surface area contributed by atoms with Crippen LogP contribution in [0.15, 0.2) is 28.5 Å². The van der Waals surface area contributed by atoms with E-state index in [2.05, 4.69) is 9.88 Å². The lowest BCUT2D eigenvalue weighted by atomic mass is 10.1. The van der Waals surface area contributed by atoms with Crippen LogP contribution in [0, 0.1) is 0 Å². The number of H-pyrrole nitrogens is 1. The van der Waals surface area contributed by atoms with Gasteiger partial charge in [-0.05, 0) is 25.3 Å². The fourth-order valence-electron chi connectivity index (χ4n) is 2.59. The van der Waals surface area contributed by atoms with Gasteiger partial charge in [-0.2, -0.15) is 0 Å². The molecule has 2 heterocycles. The molecule has 0 amide bonds. The van der Waals surface area contributed by atoms with Crippen LogP contribution in [-0.4, -0.2) is 21.5 Å². The van der Waals surface area contributed by atoms with Crippen molar-refractivity contribution in [2.24, 2.45) is 0 Å². The maximum atomic E-state index is 12.3. The molecule has 0 aliphatic carbocycles. The Morgan fingerprint density at radius 2 is 2.15 bits per heavy atom.